The van der Waals surface area contributed by atoms with E-state index in [-0.39, 0.29) is 17.5 Å². The first-order valence-corrected chi connectivity index (χ1v) is 4.95. The average molecular weight is 244 g/mol. The molecule has 0 aliphatic heterocycles. The van der Waals surface area contributed by atoms with Gasteiger partial charge in [-0.05, 0) is 29.7 Å². The number of carbonyl (C=O) groups is 1. The van der Waals surface area contributed by atoms with Gasteiger partial charge >= 0.3 is 12.1 Å². The second-order valence-corrected chi connectivity index (χ2v) is 3.44. The van der Waals surface area contributed by atoms with Gasteiger partial charge in [-0.15, -0.1) is 0 Å². The fourth-order valence-electron chi connectivity index (χ4n) is 1.44. The molecule has 0 saturated carbocycles. The molecular formula is C12H11F3O2. The van der Waals surface area contributed by atoms with Crippen LogP contribution in [0.2, 0.25) is 0 Å². The van der Waals surface area contributed by atoms with Gasteiger partial charge in [-0.3, -0.25) is 0 Å². The van der Waals surface area contributed by atoms with E-state index in [0.717, 1.165) is 18.2 Å². The minimum absolute atomic E-state index is 0.199. The van der Waals surface area contributed by atoms with Gasteiger partial charge < -0.3 is 5.11 Å². The van der Waals surface area contributed by atoms with Crippen molar-refractivity contribution in [3.05, 3.63) is 41.0 Å². The number of aliphatic carboxylic acids is 1. The van der Waals surface area contributed by atoms with Gasteiger partial charge in [0.1, 0.15) is 0 Å². The Hall–Kier alpha value is -1.78. The number of alkyl halides is 3. The molecule has 0 aliphatic carbocycles. The molecule has 0 fully saturated rings. The molecule has 0 radical (unpaired) electrons. The summed E-state index contributed by atoms with van der Waals surface area (Å²) in [5.41, 5.74) is -0.297. The van der Waals surface area contributed by atoms with Gasteiger partial charge in [0.25, 0.3) is 0 Å². The highest BCUT2D eigenvalue weighted by atomic mass is 19.4. The molecule has 0 saturated heterocycles. The van der Waals surface area contributed by atoms with E-state index >= 15 is 0 Å². The summed E-state index contributed by atoms with van der Waals surface area (Å²) < 4.78 is 38.0. The van der Waals surface area contributed by atoms with Crippen LogP contribution in [0.5, 0.6) is 0 Å². The SMILES string of the molecule is CCc1ccc(C=CC(=O)O)cc1C(F)(F)F. The first-order chi connectivity index (χ1) is 7.84. The van der Waals surface area contributed by atoms with Crippen molar-refractivity contribution < 1.29 is 23.1 Å². The van der Waals surface area contributed by atoms with E-state index in [4.69, 9.17) is 5.11 Å². The quantitative estimate of drug-likeness (QED) is 0.828. The van der Waals surface area contributed by atoms with Gasteiger partial charge in [-0.1, -0.05) is 19.1 Å². The molecule has 5 heteroatoms. The van der Waals surface area contributed by atoms with Crippen molar-refractivity contribution in [1.82, 2.24) is 0 Å². The summed E-state index contributed by atoms with van der Waals surface area (Å²) in [6.45, 7) is 1.64. The molecule has 0 spiro atoms. The molecule has 0 amide bonds. The maximum absolute atomic E-state index is 12.7. The van der Waals surface area contributed by atoms with Crippen LogP contribution in [0.25, 0.3) is 6.08 Å². The lowest BCUT2D eigenvalue weighted by Crippen LogP contribution is -2.09. The second-order valence-electron chi connectivity index (χ2n) is 3.44. The van der Waals surface area contributed by atoms with E-state index in [9.17, 15) is 18.0 Å². The Bertz CT molecular complexity index is 448. The molecule has 17 heavy (non-hydrogen) atoms. The van der Waals surface area contributed by atoms with Crippen LogP contribution in [0.3, 0.4) is 0 Å². The zero-order chi connectivity index (χ0) is 13.1. The molecule has 92 valence electrons. The van der Waals surface area contributed by atoms with Crippen molar-refractivity contribution in [3.63, 3.8) is 0 Å². The van der Waals surface area contributed by atoms with Crippen molar-refractivity contribution in [1.29, 1.82) is 0 Å². The molecule has 1 rings (SSSR count). The maximum Gasteiger partial charge on any atom is 0.416 e. The summed E-state index contributed by atoms with van der Waals surface area (Å²) in [4.78, 5) is 10.3. The minimum atomic E-state index is -4.42. The predicted molar refractivity (Wildman–Crippen MR) is 57.5 cm³/mol. The molecule has 1 aromatic rings. The van der Waals surface area contributed by atoms with Crippen molar-refractivity contribution >= 4 is 12.0 Å². The zero-order valence-electron chi connectivity index (χ0n) is 9.08. The van der Waals surface area contributed by atoms with E-state index < -0.39 is 17.7 Å². The zero-order valence-corrected chi connectivity index (χ0v) is 9.08. The number of hydrogen-bond acceptors (Lipinski definition) is 1. The number of benzene rings is 1. The summed E-state index contributed by atoms with van der Waals surface area (Å²) >= 11 is 0. The Morgan fingerprint density at radius 3 is 2.53 bits per heavy atom. The van der Waals surface area contributed by atoms with Crippen LogP contribution in [-0.4, -0.2) is 11.1 Å². The largest absolute Gasteiger partial charge is 0.478 e. The highest BCUT2D eigenvalue weighted by Crippen LogP contribution is 2.33. The summed E-state index contributed by atoms with van der Waals surface area (Å²) in [5, 5.41) is 8.40. The summed E-state index contributed by atoms with van der Waals surface area (Å²) in [5.74, 6) is -1.20. The molecule has 1 aromatic carbocycles. The Balaban J connectivity index is 3.18. The van der Waals surface area contributed by atoms with E-state index in [1.807, 2.05) is 0 Å². The molecule has 0 aromatic heterocycles. The van der Waals surface area contributed by atoms with Gasteiger partial charge in [0.2, 0.25) is 0 Å². The molecule has 1 N–H and O–H groups in total. The lowest BCUT2D eigenvalue weighted by Gasteiger charge is -2.12. The van der Waals surface area contributed by atoms with Crippen LogP contribution >= 0.6 is 0 Å². The fraction of sp³-hybridized carbons (Fsp3) is 0.250. The Morgan fingerprint density at radius 2 is 2.06 bits per heavy atom. The molecule has 0 aliphatic rings. The van der Waals surface area contributed by atoms with Gasteiger partial charge in [0, 0.05) is 6.08 Å². The van der Waals surface area contributed by atoms with Crippen molar-refractivity contribution in [3.8, 4) is 0 Å². The van der Waals surface area contributed by atoms with Gasteiger partial charge in [-0.2, -0.15) is 13.2 Å². The van der Waals surface area contributed by atoms with Crippen LogP contribution in [0.1, 0.15) is 23.6 Å². The number of aryl methyl sites for hydroxylation is 1. The highest BCUT2D eigenvalue weighted by molar-refractivity contribution is 5.85. The third-order valence-electron chi connectivity index (χ3n) is 2.24. The Kier molecular flexibility index (Phi) is 3.93. The van der Waals surface area contributed by atoms with Crippen LogP contribution < -0.4 is 0 Å². The topological polar surface area (TPSA) is 37.3 Å². The van der Waals surface area contributed by atoms with E-state index in [2.05, 4.69) is 0 Å². The maximum atomic E-state index is 12.7. The standard InChI is InChI=1S/C12H11F3O2/c1-2-9-5-3-8(4-6-11(16)17)7-10(9)12(13,14)15/h3-7H,2H2,1H3,(H,16,17). The third kappa shape index (κ3) is 3.62. The second kappa shape index (κ2) is 5.03. The van der Waals surface area contributed by atoms with Crippen LogP contribution in [0, 0.1) is 0 Å². The van der Waals surface area contributed by atoms with Crippen molar-refractivity contribution in [2.75, 3.05) is 0 Å². The first-order valence-electron chi connectivity index (χ1n) is 4.95. The average Bonchev–Trinajstić information content (AvgIpc) is 2.24. The highest BCUT2D eigenvalue weighted by Gasteiger charge is 2.32. The minimum Gasteiger partial charge on any atom is -0.478 e. The number of hydrogen-bond donors (Lipinski definition) is 1. The normalized spacial score (nSPS) is 12.0. The first kappa shape index (κ1) is 13.3. The Labute approximate surface area is 96.4 Å². The number of halogens is 3. The third-order valence-corrected chi connectivity index (χ3v) is 2.24. The van der Waals surface area contributed by atoms with Gasteiger partial charge in [0.05, 0.1) is 5.56 Å². The number of carboxylic acid groups (broad SMARTS) is 1. The smallest absolute Gasteiger partial charge is 0.416 e. The fourth-order valence-corrected chi connectivity index (χ4v) is 1.44. The lowest BCUT2D eigenvalue weighted by molar-refractivity contribution is -0.138. The Morgan fingerprint density at radius 1 is 1.41 bits per heavy atom. The number of rotatable bonds is 3. The molecule has 2 nitrogen and oxygen atoms in total. The van der Waals surface area contributed by atoms with Crippen LogP contribution in [-0.2, 0) is 17.4 Å². The van der Waals surface area contributed by atoms with Crippen LogP contribution in [0.15, 0.2) is 24.3 Å². The van der Waals surface area contributed by atoms with Gasteiger partial charge in [-0.25, -0.2) is 4.79 Å². The lowest BCUT2D eigenvalue weighted by atomic mass is 10.0. The molecule has 0 unspecified atom stereocenters. The van der Waals surface area contributed by atoms with E-state index in [1.165, 1.54) is 12.1 Å². The van der Waals surface area contributed by atoms with E-state index in [0.29, 0.717) is 0 Å². The molecule has 0 heterocycles. The monoisotopic (exact) mass is 244 g/mol. The van der Waals surface area contributed by atoms with Crippen molar-refractivity contribution in [2.24, 2.45) is 0 Å². The van der Waals surface area contributed by atoms with E-state index in [1.54, 1.807) is 6.92 Å². The van der Waals surface area contributed by atoms with Gasteiger partial charge in [0.15, 0.2) is 0 Å². The molecular weight excluding hydrogens is 233 g/mol. The summed E-state index contributed by atoms with van der Waals surface area (Å²) in [6.07, 6.45) is -2.20. The summed E-state index contributed by atoms with van der Waals surface area (Å²) in [7, 11) is 0. The van der Waals surface area contributed by atoms with Crippen molar-refractivity contribution in [2.45, 2.75) is 19.5 Å². The molecule has 0 bridgehead atoms. The summed E-state index contributed by atoms with van der Waals surface area (Å²) in [6, 6.07) is 3.79. The number of carboxylic acids is 1. The van der Waals surface area contributed by atoms with Crippen LogP contribution in [0.4, 0.5) is 13.2 Å². The predicted octanol–water partition coefficient (Wildman–Crippen LogP) is 3.37. The molecule has 0 atom stereocenters.